The molecule has 0 amide bonds. The number of halogens is 1. The van der Waals surface area contributed by atoms with Gasteiger partial charge in [-0.05, 0) is 19.1 Å². The highest BCUT2D eigenvalue weighted by atomic mass is 19.1. The van der Waals surface area contributed by atoms with Gasteiger partial charge in [-0.15, -0.1) is 0 Å². The lowest BCUT2D eigenvalue weighted by molar-refractivity contribution is 0.0526. The zero-order valence-electron chi connectivity index (χ0n) is 13.1. The van der Waals surface area contributed by atoms with Crippen molar-refractivity contribution in [3.8, 4) is 22.6 Å². The normalized spacial score (nSPS) is 10.4. The first-order valence-corrected chi connectivity index (χ1v) is 7.54. The SMILES string of the molecule is CCOC(=O)c1ccc(-c2nc(-c3ccccc3)ncc2F)cc1. The van der Waals surface area contributed by atoms with E-state index >= 15 is 0 Å². The standard InChI is InChI=1S/C19H15FN2O2/c1-2-24-19(23)15-10-8-13(9-11-15)17-16(20)12-21-18(22-17)14-6-4-3-5-7-14/h3-12H,2H2,1H3. The molecule has 4 nitrogen and oxygen atoms in total. The molecule has 0 aliphatic heterocycles. The smallest absolute Gasteiger partial charge is 0.338 e. The molecule has 0 radical (unpaired) electrons. The molecule has 1 heterocycles. The summed E-state index contributed by atoms with van der Waals surface area (Å²) < 4.78 is 19.1. The predicted octanol–water partition coefficient (Wildman–Crippen LogP) is 4.13. The van der Waals surface area contributed by atoms with Crippen molar-refractivity contribution < 1.29 is 13.9 Å². The molecule has 2 aromatic carbocycles. The minimum Gasteiger partial charge on any atom is -0.462 e. The molecule has 0 N–H and O–H groups in total. The number of esters is 1. The second-order valence-electron chi connectivity index (χ2n) is 5.05. The number of benzene rings is 2. The maximum absolute atomic E-state index is 14.1. The molecule has 0 atom stereocenters. The highest BCUT2D eigenvalue weighted by Gasteiger charge is 2.12. The summed E-state index contributed by atoms with van der Waals surface area (Å²) in [7, 11) is 0. The molecule has 0 bridgehead atoms. The van der Waals surface area contributed by atoms with Crippen LogP contribution >= 0.6 is 0 Å². The van der Waals surface area contributed by atoms with Crippen molar-refractivity contribution in [3.05, 3.63) is 72.2 Å². The molecular weight excluding hydrogens is 307 g/mol. The first-order chi connectivity index (χ1) is 11.7. The summed E-state index contributed by atoms with van der Waals surface area (Å²) >= 11 is 0. The molecule has 24 heavy (non-hydrogen) atoms. The van der Waals surface area contributed by atoms with Gasteiger partial charge in [0.25, 0.3) is 0 Å². The van der Waals surface area contributed by atoms with Crippen molar-refractivity contribution in [1.82, 2.24) is 9.97 Å². The van der Waals surface area contributed by atoms with Gasteiger partial charge < -0.3 is 4.74 Å². The Morgan fingerprint density at radius 1 is 1.04 bits per heavy atom. The molecular formula is C19H15FN2O2. The fourth-order valence-corrected chi connectivity index (χ4v) is 2.27. The van der Waals surface area contributed by atoms with E-state index in [0.29, 0.717) is 23.6 Å². The summed E-state index contributed by atoms with van der Waals surface area (Å²) in [4.78, 5) is 20.0. The summed E-state index contributed by atoms with van der Waals surface area (Å²) in [5.74, 6) is -0.475. The van der Waals surface area contributed by atoms with Gasteiger partial charge in [0.1, 0.15) is 5.69 Å². The molecule has 3 rings (SSSR count). The van der Waals surface area contributed by atoms with Crippen molar-refractivity contribution >= 4 is 5.97 Å². The highest BCUT2D eigenvalue weighted by Crippen LogP contribution is 2.24. The zero-order chi connectivity index (χ0) is 16.9. The molecule has 0 spiro atoms. The molecule has 1 aromatic heterocycles. The average molecular weight is 322 g/mol. The summed E-state index contributed by atoms with van der Waals surface area (Å²) in [6, 6.07) is 15.8. The van der Waals surface area contributed by atoms with Crippen molar-refractivity contribution in [2.75, 3.05) is 6.61 Å². The number of nitrogens with zero attached hydrogens (tertiary/aromatic N) is 2. The number of hydrogen-bond donors (Lipinski definition) is 0. The van der Waals surface area contributed by atoms with E-state index in [1.165, 1.54) is 0 Å². The van der Waals surface area contributed by atoms with Gasteiger partial charge in [0, 0.05) is 11.1 Å². The lowest BCUT2D eigenvalue weighted by atomic mass is 10.1. The van der Waals surface area contributed by atoms with Crippen molar-refractivity contribution in [1.29, 1.82) is 0 Å². The maximum atomic E-state index is 14.1. The topological polar surface area (TPSA) is 52.1 Å². The number of rotatable bonds is 4. The van der Waals surface area contributed by atoms with Gasteiger partial charge in [-0.2, -0.15) is 0 Å². The van der Waals surface area contributed by atoms with E-state index in [2.05, 4.69) is 9.97 Å². The largest absolute Gasteiger partial charge is 0.462 e. The lowest BCUT2D eigenvalue weighted by Gasteiger charge is -2.07. The van der Waals surface area contributed by atoms with Crippen LogP contribution in [0.2, 0.25) is 0 Å². The van der Waals surface area contributed by atoms with E-state index in [0.717, 1.165) is 11.8 Å². The van der Waals surface area contributed by atoms with Crippen LogP contribution in [0.5, 0.6) is 0 Å². The Balaban J connectivity index is 1.96. The fraction of sp³-hybridized carbons (Fsp3) is 0.105. The van der Waals surface area contributed by atoms with Crippen LogP contribution in [0.15, 0.2) is 60.8 Å². The van der Waals surface area contributed by atoms with E-state index in [1.54, 1.807) is 31.2 Å². The van der Waals surface area contributed by atoms with Crippen LogP contribution in [0.1, 0.15) is 17.3 Å². The number of hydrogen-bond acceptors (Lipinski definition) is 4. The number of carbonyl (C=O) groups excluding carboxylic acids is 1. The molecule has 0 saturated heterocycles. The molecule has 120 valence electrons. The Morgan fingerprint density at radius 2 is 1.75 bits per heavy atom. The third-order valence-electron chi connectivity index (χ3n) is 3.45. The molecule has 3 aromatic rings. The van der Waals surface area contributed by atoms with Crippen LogP contribution in [0, 0.1) is 5.82 Å². The predicted molar refractivity (Wildman–Crippen MR) is 88.8 cm³/mol. The van der Waals surface area contributed by atoms with Gasteiger partial charge >= 0.3 is 5.97 Å². The Hall–Kier alpha value is -3.08. The molecule has 0 aliphatic rings. The van der Waals surface area contributed by atoms with Crippen LogP contribution in [0.4, 0.5) is 4.39 Å². The third kappa shape index (κ3) is 3.30. The van der Waals surface area contributed by atoms with Crippen molar-refractivity contribution in [2.24, 2.45) is 0 Å². The molecule has 0 aliphatic carbocycles. The van der Waals surface area contributed by atoms with E-state index < -0.39 is 11.8 Å². The van der Waals surface area contributed by atoms with Gasteiger partial charge in [-0.25, -0.2) is 19.2 Å². The van der Waals surface area contributed by atoms with E-state index in [9.17, 15) is 9.18 Å². The quantitative estimate of drug-likeness (QED) is 0.678. The second-order valence-corrected chi connectivity index (χ2v) is 5.05. The first kappa shape index (κ1) is 15.8. The van der Waals surface area contributed by atoms with Crippen LogP contribution in [0.3, 0.4) is 0 Å². The summed E-state index contributed by atoms with van der Waals surface area (Å²) in [5.41, 5.74) is 1.99. The maximum Gasteiger partial charge on any atom is 0.338 e. The van der Waals surface area contributed by atoms with Crippen molar-refractivity contribution in [3.63, 3.8) is 0 Å². The van der Waals surface area contributed by atoms with E-state index in [4.69, 9.17) is 4.74 Å². The van der Waals surface area contributed by atoms with Gasteiger partial charge in [0.05, 0.1) is 18.4 Å². The second kappa shape index (κ2) is 7.00. The van der Waals surface area contributed by atoms with Crippen molar-refractivity contribution in [2.45, 2.75) is 6.92 Å². The average Bonchev–Trinajstić information content (AvgIpc) is 2.63. The summed E-state index contributed by atoms with van der Waals surface area (Å²) in [5, 5.41) is 0. The van der Waals surface area contributed by atoms with Gasteiger partial charge in [0.2, 0.25) is 0 Å². The Bertz CT molecular complexity index is 849. The molecule has 0 saturated carbocycles. The molecule has 5 heteroatoms. The van der Waals surface area contributed by atoms with Gasteiger partial charge in [-0.3, -0.25) is 0 Å². The highest BCUT2D eigenvalue weighted by molar-refractivity contribution is 5.90. The van der Waals surface area contributed by atoms with E-state index in [1.807, 2.05) is 30.3 Å². The van der Waals surface area contributed by atoms with Crippen LogP contribution < -0.4 is 0 Å². The van der Waals surface area contributed by atoms with E-state index in [-0.39, 0.29) is 5.69 Å². The number of ether oxygens (including phenoxy) is 1. The molecule has 0 unspecified atom stereocenters. The van der Waals surface area contributed by atoms with Gasteiger partial charge in [0.15, 0.2) is 11.6 Å². The lowest BCUT2D eigenvalue weighted by Crippen LogP contribution is -2.04. The first-order valence-electron chi connectivity index (χ1n) is 7.54. The Kier molecular flexibility index (Phi) is 4.61. The monoisotopic (exact) mass is 322 g/mol. The third-order valence-corrected chi connectivity index (χ3v) is 3.45. The van der Waals surface area contributed by atoms with Crippen LogP contribution in [-0.2, 0) is 4.74 Å². The zero-order valence-corrected chi connectivity index (χ0v) is 13.1. The number of carbonyl (C=O) groups is 1. The Labute approximate surface area is 139 Å². The van der Waals surface area contributed by atoms with Crippen LogP contribution in [-0.4, -0.2) is 22.5 Å². The molecule has 0 fully saturated rings. The summed E-state index contributed by atoms with van der Waals surface area (Å²) in [6.45, 7) is 2.05. The van der Waals surface area contributed by atoms with Gasteiger partial charge in [-0.1, -0.05) is 42.5 Å². The Morgan fingerprint density at radius 3 is 2.42 bits per heavy atom. The number of aromatic nitrogens is 2. The minimum atomic E-state index is -0.515. The minimum absolute atomic E-state index is 0.194. The van der Waals surface area contributed by atoms with Crippen LogP contribution in [0.25, 0.3) is 22.6 Å². The fourth-order valence-electron chi connectivity index (χ4n) is 2.27. The summed E-state index contributed by atoms with van der Waals surface area (Å²) in [6.07, 6.45) is 1.16.